The lowest BCUT2D eigenvalue weighted by Gasteiger charge is -2.22. The molecular weight excluding hydrogens is 253 g/mol. The summed E-state index contributed by atoms with van der Waals surface area (Å²) in [5, 5.41) is 0. The van der Waals surface area contributed by atoms with Gasteiger partial charge in [0.25, 0.3) is 0 Å². The van der Waals surface area contributed by atoms with Gasteiger partial charge in [0.15, 0.2) is 5.41 Å². The van der Waals surface area contributed by atoms with Gasteiger partial charge in [0.05, 0.1) is 19.9 Å². The van der Waals surface area contributed by atoms with Crippen molar-refractivity contribution in [3.05, 3.63) is 29.1 Å². The molecule has 0 aromatic carbocycles. The number of alkyl halides is 1. The molecule has 5 nitrogen and oxygen atoms in total. The van der Waals surface area contributed by atoms with Crippen LogP contribution in [0.1, 0.15) is 16.8 Å². The maximum atomic E-state index is 12.6. The second-order valence-corrected chi connectivity index (χ2v) is 4.50. The highest BCUT2D eigenvalue weighted by Gasteiger charge is 2.52. The van der Waals surface area contributed by atoms with E-state index < -0.39 is 24.0 Å². The first-order valence-electron chi connectivity index (χ1n) is 5.77. The van der Waals surface area contributed by atoms with Crippen LogP contribution in [0.3, 0.4) is 0 Å². The molecule has 2 rings (SSSR count). The molecule has 6 heteroatoms. The smallest absolute Gasteiger partial charge is 0.323 e. The van der Waals surface area contributed by atoms with Crippen molar-refractivity contribution < 1.29 is 23.5 Å². The number of carbonyl (C=O) groups excluding carboxylic acids is 2. The average Bonchev–Trinajstić information content (AvgIpc) is 2.84. The molecule has 0 saturated heterocycles. The van der Waals surface area contributed by atoms with Crippen LogP contribution in [0.15, 0.2) is 12.3 Å². The highest BCUT2D eigenvalue weighted by atomic mass is 19.1. The van der Waals surface area contributed by atoms with Crippen LogP contribution in [0.4, 0.5) is 4.39 Å². The molecule has 1 aromatic rings. The van der Waals surface area contributed by atoms with Gasteiger partial charge in [0.2, 0.25) is 0 Å². The van der Waals surface area contributed by atoms with E-state index in [1.165, 1.54) is 20.4 Å². The standard InChI is InChI=1S/C13H14FNO4/c1-18-11(16)13(12(17)19-2)4-8-3-10(6-14)15-7-9(8)5-13/h3,7H,4-6H2,1-2H3. The molecule has 1 heterocycles. The highest BCUT2D eigenvalue weighted by Crippen LogP contribution is 2.39. The fourth-order valence-corrected chi connectivity index (χ4v) is 2.45. The van der Waals surface area contributed by atoms with Crippen LogP contribution in [0.2, 0.25) is 0 Å². The molecule has 19 heavy (non-hydrogen) atoms. The molecule has 0 spiro atoms. The first-order chi connectivity index (χ1) is 9.07. The second kappa shape index (κ2) is 4.95. The van der Waals surface area contributed by atoms with Crippen LogP contribution >= 0.6 is 0 Å². The number of ether oxygens (including phenoxy) is 2. The van der Waals surface area contributed by atoms with Crippen LogP contribution in [0, 0.1) is 5.41 Å². The Kier molecular flexibility index (Phi) is 3.50. The van der Waals surface area contributed by atoms with E-state index in [1.54, 1.807) is 6.07 Å². The quantitative estimate of drug-likeness (QED) is 0.603. The first-order valence-corrected chi connectivity index (χ1v) is 5.77. The highest BCUT2D eigenvalue weighted by molar-refractivity contribution is 6.01. The summed E-state index contributed by atoms with van der Waals surface area (Å²) >= 11 is 0. The summed E-state index contributed by atoms with van der Waals surface area (Å²) in [7, 11) is 2.45. The molecule has 0 unspecified atom stereocenters. The van der Waals surface area contributed by atoms with Gasteiger partial charge in [-0.2, -0.15) is 0 Å². The Morgan fingerprint density at radius 2 is 1.84 bits per heavy atom. The molecule has 0 N–H and O–H groups in total. The lowest BCUT2D eigenvalue weighted by Crippen LogP contribution is -2.42. The summed E-state index contributed by atoms with van der Waals surface area (Å²) in [6.45, 7) is -0.684. The van der Waals surface area contributed by atoms with E-state index in [9.17, 15) is 14.0 Å². The molecule has 1 aromatic heterocycles. The average molecular weight is 267 g/mol. The lowest BCUT2D eigenvalue weighted by molar-refractivity contribution is -0.168. The number of hydrogen-bond donors (Lipinski definition) is 0. The van der Waals surface area contributed by atoms with Crippen LogP contribution < -0.4 is 0 Å². The zero-order chi connectivity index (χ0) is 14.0. The Morgan fingerprint density at radius 3 is 2.37 bits per heavy atom. The second-order valence-electron chi connectivity index (χ2n) is 4.50. The third-order valence-electron chi connectivity index (χ3n) is 3.41. The van der Waals surface area contributed by atoms with Crippen LogP contribution in [0.5, 0.6) is 0 Å². The van der Waals surface area contributed by atoms with Crippen molar-refractivity contribution in [3.63, 3.8) is 0 Å². The molecular formula is C13H14FNO4. The van der Waals surface area contributed by atoms with Crippen molar-refractivity contribution >= 4 is 11.9 Å². The van der Waals surface area contributed by atoms with Gasteiger partial charge in [-0.05, 0) is 23.6 Å². The van der Waals surface area contributed by atoms with E-state index >= 15 is 0 Å². The minimum Gasteiger partial charge on any atom is -0.468 e. The molecule has 0 amide bonds. The Hall–Kier alpha value is -1.98. The van der Waals surface area contributed by atoms with Crippen molar-refractivity contribution in [2.45, 2.75) is 19.5 Å². The predicted molar refractivity (Wildman–Crippen MR) is 62.9 cm³/mol. The number of carbonyl (C=O) groups is 2. The maximum absolute atomic E-state index is 12.6. The lowest BCUT2D eigenvalue weighted by atomic mass is 9.85. The SMILES string of the molecule is COC(=O)C1(C(=O)OC)Cc2cnc(CF)cc2C1. The minimum atomic E-state index is -1.37. The summed E-state index contributed by atoms with van der Waals surface area (Å²) in [5.41, 5.74) is 0.387. The Bertz CT molecular complexity index is 513. The van der Waals surface area contributed by atoms with Crippen molar-refractivity contribution in [3.8, 4) is 0 Å². The van der Waals surface area contributed by atoms with Crippen molar-refractivity contribution in [2.24, 2.45) is 5.41 Å². The van der Waals surface area contributed by atoms with Gasteiger partial charge in [-0.25, -0.2) is 4.39 Å². The number of pyridine rings is 1. The molecule has 1 aliphatic carbocycles. The predicted octanol–water partition coefficient (Wildman–Crippen LogP) is 0.982. The monoisotopic (exact) mass is 267 g/mol. The van der Waals surface area contributed by atoms with Gasteiger partial charge in [0.1, 0.15) is 6.67 Å². The van der Waals surface area contributed by atoms with Gasteiger partial charge in [0, 0.05) is 12.6 Å². The largest absolute Gasteiger partial charge is 0.468 e. The molecule has 0 bridgehead atoms. The minimum absolute atomic E-state index is 0.150. The number of esters is 2. The summed E-state index contributed by atoms with van der Waals surface area (Å²) < 4.78 is 22.0. The number of aromatic nitrogens is 1. The van der Waals surface area contributed by atoms with Crippen molar-refractivity contribution in [1.82, 2.24) is 4.98 Å². The number of fused-ring (bicyclic) bond motifs is 1. The van der Waals surface area contributed by atoms with Crippen LogP contribution in [-0.4, -0.2) is 31.1 Å². The van der Waals surface area contributed by atoms with Gasteiger partial charge in [-0.3, -0.25) is 14.6 Å². The summed E-state index contributed by atoms with van der Waals surface area (Å²) in [4.78, 5) is 27.8. The molecule has 0 aliphatic heterocycles. The number of halogens is 1. The van der Waals surface area contributed by atoms with E-state index in [0.717, 1.165) is 11.1 Å². The van der Waals surface area contributed by atoms with Gasteiger partial charge >= 0.3 is 11.9 Å². The number of methoxy groups -OCH3 is 2. The normalized spacial score (nSPS) is 15.7. The Morgan fingerprint density at radius 1 is 1.26 bits per heavy atom. The third kappa shape index (κ3) is 2.07. The molecule has 0 radical (unpaired) electrons. The van der Waals surface area contributed by atoms with E-state index in [2.05, 4.69) is 4.98 Å². The number of rotatable bonds is 3. The van der Waals surface area contributed by atoms with Crippen molar-refractivity contribution in [1.29, 1.82) is 0 Å². The topological polar surface area (TPSA) is 65.5 Å². The van der Waals surface area contributed by atoms with Crippen LogP contribution in [-0.2, 0) is 38.6 Å². The fraction of sp³-hybridized carbons (Fsp3) is 0.462. The van der Waals surface area contributed by atoms with Gasteiger partial charge in [-0.15, -0.1) is 0 Å². The molecule has 0 fully saturated rings. The Labute approximate surface area is 109 Å². The molecule has 102 valence electrons. The zero-order valence-corrected chi connectivity index (χ0v) is 10.7. The van der Waals surface area contributed by atoms with E-state index in [4.69, 9.17) is 9.47 Å². The first kappa shape index (κ1) is 13.5. The zero-order valence-electron chi connectivity index (χ0n) is 10.7. The van der Waals surface area contributed by atoms with E-state index in [1.807, 2.05) is 0 Å². The van der Waals surface area contributed by atoms with E-state index in [0.29, 0.717) is 0 Å². The van der Waals surface area contributed by atoms with E-state index in [-0.39, 0.29) is 18.5 Å². The van der Waals surface area contributed by atoms with Crippen LogP contribution in [0.25, 0.3) is 0 Å². The van der Waals surface area contributed by atoms with Crippen molar-refractivity contribution in [2.75, 3.05) is 14.2 Å². The summed E-state index contributed by atoms with van der Waals surface area (Å²) in [6.07, 6.45) is 1.82. The van der Waals surface area contributed by atoms with Gasteiger partial charge in [-0.1, -0.05) is 0 Å². The Balaban J connectivity index is 2.41. The van der Waals surface area contributed by atoms with Gasteiger partial charge < -0.3 is 9.47 Å². The maximum Gasteiger partial charge on any atom is 0.323 e. The number of nitrogens with zero attached hydrogens (tertiary/aromatic N) is 1. The number of hydrogen-bond acceptors (Lipinski definition) is 5. The summed E-state index contributed by atoms with van der Waals surface area (Å²) in [6, 6.07) is 1.57. The fourth-order valence-electron chi connectivity index (χ4n) is 2.45. The summed E-state index contributed by atoms with van der Waals surface area (Å²) in [5.74, 6) is -1.28. The molecule has 0 saturated carbocycles. The molecule has 0 atom stereocenters. The molecule has 1 aliphatic rings. The third-order valence-corrected chi connectivity index (χ3v) is 3.41.